The van der Waals surface area contributed by atoms with Crippen LogP contribution in [0.3, 0.4) is 0 Å². The maximum atomic E-state index is 12.4. The number of rotatable bonds is 11. The molecule has 1 aromatic carbocycles. The molecule has 0 spiro atoms. The molecule has 4 nitrogen and oxygen atoms in total. The van der Waals surface area contributed by atoms with Crippen molar-refractivity contribution in [2.45, 2.75) is 78.3 Å². The standard InChI is InChI=1S/C22H36O4Si/c1-8-27(9-2,16(3)4)26-21(17(5)15-23)18(6)19(7)25-22(24)20-13-11-10-12-14-20/h10-19,21H,8-9H2,1-7H3/t17-,18-,19-,21-/m1/s1. The highest BCUT2D eigenvalue weighted by Gasteiger charge is 2.41. The van der Waals surface area contributed by atoms with Crippen molar-refractivity contribution in [2.24, 2.45) is 11.8 Å². The number of hydrogen-bond acceptors (Lipinski definition) is 4. The normalized spacial score (nSPS) is 16.4. The lowest BCUT2D eigenvalue weighted by molar-refractivity contribution is -0.115. The van der Waals surface area contributed by atoms with Gasteiger partial charge in [0.2, 0.25) is 0 Å². The summed E-state index contributed by atoms with van der Waals surface area (Å²) in [5.41, 5.74) is 0.994. The number of benzene rings is 1. The zero-order valence-electron chi connectivity index (χ0n) is 17.9. The molecule has 0 unspecified atom stereocenters. The summed E-state index contributed by atoms with van der Waals surface area (Å²) in [6.07, 6.45) is 0.352. The van der Waals surface area contributed by atoms with Gasteiger partial charge in [0, 0.05) is 11.8 Å². The van der Waals surface area contributed by atoms with Gasteiger partial charge in [-0.25, -0.2) is 4.79 Å². The summed E-state index contributed by atoms with van der Waals surface area (Å²) in [5.74, 6) is -0.672. The molecule has 0 saturated carbocycles. The average molecular weight is 393 g/mol. The minimum atomic E-state index is -1.97. The van der Waals surface area contributed by atoms with Crippen molar-refractivity contribution in [3.05, 3.63) is 35.9 Å². The number of aldehydes is 1. The first-order valence-electron chi connectivity index (χ1n) is 10.1. The molecule has 0 fully saturated rings. The van der Waals surface area contributed by atoms with E-state index in [1.807, 2.05) is 39.0 Å². The lowest BCUT2D eigenvalue weighted by Crippen LogP contribution is -2.49. The molecule has 1 rings (SSSR count). The van der Waals surface area contributed by atoms with Gasteiger partial charge in [-0.3, -0.25) is 0 Å². The quantitative estimate of drug-likeness (QED) is 0.284. The lowest BCUT2D eigenvalue weighted by Gasteiger charge is -2.41. The van der Waals surface area contributed by atoms with Crippen LogP contribution in [0.15, 0.2) is 30.3 Å². The predicted molar refractivity (Wildman–Crippen MR) is 112 cm³/mol. The van der Waals surface area contributed by atoms with Crippen LogP contribution < -0.4 is 0 Å². The van der Waals surface area contributed by atoms with Gasteiger partial charge in [0.25, 0.3) is 0 Å². The lowest BCUT2D eigenvalue weighted by atomic mass is 9.90. The highest BCUT2D eigenvalue weighted by molar-refractivity contribution is 6.75. The molecule has 0 N–H and O–H groups in total. The molecular weight excluding hydrogens is 356 g/mol. The number of ether oxygens (including phenoxy) is 1. The fourth-order valence-electron chi connectivity index (χ4n) is 3.60. The van der Waals surface area contributed by atoms with E-state index in [2.05, 4.69) is 27.7 Å². The van der Waals surface area contributed by atoms with Crippen molar-refractivity contribution >= 4 is 20.6 Å². The predicted octanol–water partition coefficient (Wildman–Crippen LogP) is 5.48. The fourth-order valence-corrected chi connectivity index (χ4v) is 7.31. The van der Waals surface area contributed by atoms with E-state index >= 15 is 0 Å². The van der Waals surface area contributed by atoms with Crippen molar-refractivity contribution in [1.82, 2.24) is 0 Å². The Morgan fingerprint density at radius 3 is 2.04 bits per heavy atom. The van der Waals surface area contributed by atoms with Crippen LogP contribution in [0.2, 0.25) is 17.6 Å². The highest BCUT2D eigenvalue weighted by Crippen LogP contribution is 2.35. The minimum Gasteiger partial charge on any atom is -0.459 e. The molecular formula is C22H36O4Si. The van der Waals surface area contributed by atoms with Gasteiger partial charge in [-0.05, 0) is 36.7 Å². The van der Waals surface area contributed by atoms with Crippen molar-refractivity contribution < 1.29 is 18.8 Å². The third-order valence-electron chi connectivity index (χ3n) is 5.91. The Bertz CT molecular complexity index is 583. The monoisotopic (exact) mass is 392 g/mol. The Morgan fingerprint density at radius 2 is 1.59 bits per heavy atom. The van der Waals surface area contributed by atoms with E-state index in [9.17, 15) is 9.59 Å². The Labute approximate surface area is 165 Å². The topological polar surface area (TPSA) is 52.6 Å². The smallest absolute Gasteiger partial charge is 0.338 e. The maximum Gasteiger partial charge on any atom is 0.338 e. The minimum absolute atomic E-state index is 0.0819. The molecule has 0 amide bonds. The van der Waals surface area contributed by atoms with Crippen molar-refractivity contribution in [1.29, 1.82) is 0 Å². The Kier molecular flexibility index (Phi) is 9.40. The van der Waals surface area contributed by atoms with Crippen LogP contribution in [0.25, 0.3) is 0 Å². The van der Waals surface area contributed by atoms with Crippen molar-refractivity contribution in [2.75, 3.05) is 0 Å². The van der Waals surface area contributed by atoms with Crippen molar-refractivity contribution in [3.63, 3.8) is 0 Å². The van der Waals surface area contributed by atoms with Gasteiger partial charge in [-0.1, -0.05) is 59.7 Å². The summed E-state index contributed by atoms with van der Waals surface area (Å²) >= 11 is 0. The zero-order chi connectivity index (χ0) is 20.6. The van der Waals surface area contributed by atoms with Crippen molar-refractivity contribution in [3.8, 4) is 0 Å². The third kappa shape index (κ3) is 6.01. The van der Waals surface area contributed by atoms with Crippen LogP contribution in [0.5, 0.6) is 0 Å². The molecule has 0 bridgehead atoms. The summed E-state index contributed by atoms with van der Waals surface area (Å²) in [5, 5.41) is 0. The number of carbonyl (C=O) groups is 2. The average Bonchev–Trinajstić information content (AvgIpc) is 2.68. The molecule has 0 aliphatic heterocycles. The molecule has 4 atom stereocenters. The van der Waals surface area contributed by atoms with Gasteiger partial charge in [0.1, 0.15) is 12.4 Å². The molecule has 1 aromatic rings. The van der Waals surface area contributed by atoms with E-state index in [1.54, 1.807) is 12.1 Å². The van der Waals surface area contributed by atoms with E-state index in [0.29, 0.717) is 11.1 Å². The maximum absolute atomic E-state index is 12.4. The molecule has 0 aliphatic rings. The van der Waals surface area contributed by atoms with Gasteiger partial charge in [0.05, 0.1) is 11.7 Å². The third-order valence-corrected chi connectivity index (χ3v) is 11.2. The van der Waals surface area contributed by atoms with Crippen LogP contribution >= 0.6 is 0 Å². The van der Waals surface area contributed by atoms with E-state index < -0.39 is 8.32 Å². The largest absolute Gasteiger partial charge is 0.459 e. The van der Waals surface area contributed by atoms with Gasteiger partial charge >= 0.3 is 5.97 Å². The molecule has 5 heteroatoms. The van der Waals surface area contributed by atoms with Crippen LogP contribution in [-0.4, -0.2) is 32.8 Å². The van der Waals surface area contributed by atoms with Gasteiger partial charge in [-0.15, -0.1) is 0 Å². The van der Waals surface area contributed by atoms with Gasteiger partial charge < -0.3 is 14.0 Å². The Morgan fingerprint density at radius 1 is 1.04 bits per heavy atom. The summed E-state index contributed by atoms with van der Waals surface area (Å²) < 4.78 is 12.4. The second-order valence-corrected chi connectivity index (χ2v) is 12.8. The molecule has 152 valence electrons. The summed E-state index contributed by atoms with van der Waals surface area (Å²) in [6.45, 7) is 14.6. The van der Waals surface area contributed by atoms with Crippen LogP contribution in [0, 0.1) is 11.8 Å². The van der Waals surface area contributed by atoms with Gasteiger partial charge in [0.15, 0.2) is 8.32 Å². The highest BCUT2D eigenvalue weighted by atomic mass is 28.4. The molecule has 0 radical (unpaired) electrons. The second kappa shape index (κ2) is 10.8. The van der Waals surface area contributed by atoms with E-state index in [-0.39, 0.29) is 30.0 Å². The molecule has 0 heterocycles. The van der Waals surface area contributed by atoms with E-state index in [0.717, 1.165) is 18.4 Å². The SMILES string of the molecule is CC[Si](CC)(O[C@@H]([C@H](C)[C@@H](C)OC(=O)c1ccccc1)[C@H](C)C=O)C(C)C. The number of carbonyl (C=O) groups excluding carboxylic acids is 2. The summed E-state index contributed by atoms with van der Waals surface area (Å²) in [4.78, 5) is 24.0. The summed E-state index contributed by atoms with van der Waals surface area (Å²) in [6, 6.07) is 11.0. The Hall–Kier alpha value is -1.46. The molecule has 0 aromatic heterocycles. The van der Waals surface area contributed by atoms with Crippen LogP contribution in [-0.2, 0) is 14.0 Å². The molecule has 0 saturated heterocycles. The molecule has 27 heavy (non-hydrogen) atoms. The van der Waals surface area contributed by atoms with E-state index in [4.69, 9.17) is 9.16 Å². The molecule has 0 aliphatic carbocycles. The number of esters is 1. The summed E-state index contributed by atoms with van der Waals surface area (Å²) in [7, 11) is -1.97. The fraction of sp³-hybridized carbons (Fsp3) is 0.636. The first kappa shape index (κ1) is 23.6. The van der Waals surface area contributed by atoms with E-state index in [1.165, 1.54) is 0 Å². The Balaban J connectivity index is 2.98. The zero-order valence-corrected chi connectivity index (χ0v) is 18.9. The first-order chi connectivity index (χ1) is 12.7. The van der Waals surface area contributed by atoms with Gasteiger partial charge in [-0.2, -0.15) is 0 Å². The second-order valence-electron chi connectivity index (χ2n) is 7.84. The first-order valence-corrected chi connectivity index (χ1v) is 12.5. The van der Waals surface area contributed by atoms with Crippen LogP contribution in [0.4, 0.5) is 0 Å². The number of hydrogen-bond donors (Lipinski definition) is 0. The van der Waals surface area contributed by atoms with Crippen LogP contribution in [0.1, 0.15) is 58.8 Å².